The van der Waals surface area contributed by atoms with Crippen molar-refractivity contribution in [1.82, 2.24) is 10.2 Å². The molecule has 1 aromatic carbocycles. The van der Waals surface area contributed by atoms with Gasteiger partial charge in [-0.1, -0.05) is 26.0 Å². The van der Waals surface area contributed by atoms with Crippen molar-refractivity contribution in [3.8, 4) is 0 Å². The van der Waals surface area contributed by atoms with Gasteiger partial charge in [0.15, 0.2) is 0 Å². The molecule has 1 aromatic rings. The number of nitrogens with one attached hydrogen (secondary N) is 1. The summed E-state index contributed by atoms with van der Waals surface area (Å²) in [7, 11) is 0. The Morgan fingerprint density at radius 1 is 1.30 bits per heavy atom. The molecule has 6 nitrogen and oxygen atoms in total. The molecule has 0 aliphatic carbocycles. The van der Waals surface area contributed by atoms with Gasteiger partial charge in [-0.2, -0.15) is 0 Å². The molecule has 3 N–H and O–H groups in total. The average molecular weight is 377 g/mol. The number of likely N-dealkylation sites (tertiary alicyclic amines) is 1. The van der Waals surface area contributed by atoms with Gasteiger partial charge in [-0.25, -0.2) is 4.39 Å². The Labute approximate surface area is 159 Å². The second-order valence-electron chi connectivity index (χ2n) is 7.47. The Hall–Kier alpha value is -2.44. The first-order valence-electron chi connectivity index (χ1n) is 9.42. The minimum absolute atomic E-state index is 0.0751. The molecule has 7 heteroatoms. The summed E-state index contributed by atoms with van der Waals surface area (Å²) in [5.74, 6) is -1.63. The van der Waals surface area contributed by atoms with Crippen molar-refractivity contribution >= 4 is 17.7 Å². The van der Waals surface area contributed by atoms with Crippen molar-refractivity contribution in [2.24, 2.45) is 17.6 Å². The lowest BCUT2D eigenvalue weighted by Gasteiger charge is -2.36. The molecule has 1 aliphatic rings. The van der Waals surface area contributed by atoms with E-state index in [-0.39, 0.29) is 29.2 Å². The van der Waals surface area contributed by atoms with Crippen molar-refractivity contribution in [2.75, 3.05) is 13.1 Å². The quantitative estimate of drug-likeness (QED) is 0.762. The monoisotopic (exact) mass is 377 g/mol. The van der Waals surface area contributed by atoms with Crippen LogP contribution in [0, 0.1) is 17.7 Å². The lowest BCUT2D eigenvalue weighted by Crippen LogP contribution is -2.53. The van der Waals surface area contributed by atoms with E-state index in [1.165, 1.54) is 18.2 Å². The number of hydrogen-bond acceptors (Lipinski definition) is 3. The van der Waals surface area contributed by atoms with Crippen molar-refractivity contribution < 1.29 is 18.8 Å². The fourth-order valence-electron chi connectivity index (χ4n) is 3.42. The standard InChI is InChI=1S/C20H28FN3O3/c1-13(2)18(23-19(26)15-7-3-4-8-16(15)21)20(27)24-11-5-6-14(12-24)9-10-17(22)25/h3-4,7-8,13-14,18H,5-6,9-12H2,1-2H3,(H2,22,25)(H,23,26). The van der Waals surface area contributed by atoms with Gasteiger partial charge in [0.05, 0.1) is 5.56 Å². The maximum Gasteiger partial charge on any atom is 0.254 e. The van der Waals surface area contributed by atoms with E-state index in [1.807, 2.05) is 13.8 Å². The highest BCUT2D eigenvalue weighted by Crippen LogP contribution is 2.22. The minimum atomic E-state index is -0.730. The van der Waals surface area contributed by atoms with Crippen LogP contribution in [0.5, 0.6) is 0 Å². The first kappa shape index (κ1) is 20.9. The van der Waals surface area contributed by atoms with Gasteiger partial charge < -0.3 is 16.0 Å². The molecule has 148 valence electrons. The fourth-order valence-corrected chi connectivity index (χ4v) is 3.42. The summed E-state index contributed by atoms with van der Waals surface area (Å²) in [5, 5.41) is 2.69. The van der Waals surface area contributed by atoms with Crippen LogP contribution in [0.2, 0.25) is 0 Å². The highest BCUT2D eigenvalue weighted by molar-refractivity contribution is 5.97. The molecule has 1 aliphatic heterocycles. The highest BCUT2D eigenvalue weighted by Gasteiger charge is 2.32. The first-order chi connectivity index (χ1) is 12.8. The number of primary amides is 1. The molecule has 2 rings (SSSR count). The van der Waals surface area contributed by atoms with Gasteiger partial charge in [-0.3, -0.25) is 14.4 Å². The molecule has 3 amide bonds. The normalized spacial score (nSPS) is 18.2. The number of hydrogen-bond donors (Lipinski definition) is 2. The maximum absolute atomic E-state index is 13.9. The molecule has 2 atom stereocenters. The molecule has 1 heterocycles. The van der Waals surface area contributed by atoms with Crippen molar-refractivity contribution in [1.29, 1.82) is 0 Å². The summed E-state index contributed by atoms with van der Waals surface area (Å²) in [6.45, 7) is 4.85. The van der Waals surface area contributed by atoms with E-state index in [9.17, 15) is 18.8 Å². The Morgan fingerprint density at radius 3 is 2.63 bits per heavy atom. The summed E-state index contributed by atoms with van der Waals surface area (Å²) >= 11 is 0. The van der Waals surface area contributed by atoms with Crippen molar-refractivity contribution in [2.45, 2.75) is 45.6 Å². The number of benzene rings is 1. The zero-order chi connectivity index (χ0) is 20.0. The van der Waals surface area contributed by atoms with Crippen LogP contribution < -0.4 is 11.1 Å². The molecule has 1 fully saturated rings. The largest absolute Gasteiger partial charge is 0.370 e. The maximum atomic E-state index is 13.9. The smallest absolute Gasteiger partial charge is 0.254 e. The van der Waals surface area contributed by atoms with Gasteiger partial charge in [0.25, 0.3) is 5.91 Å². The molecule has 0 saturated carbocycles. The van der Waals surface area contributed by atoms with Crippen LogP contribution in [-0.4, -0.2) is 41.8 Å². The molecule has 0 radical (unpaired) electrons. The number of carbonyl (C=O) groups excluding carboxylic acids is 3. The van der Waals surface area contributed by atoms with E-state index in [4.69, 9.17) is 5.73 Å². The number of rotatable bonds is 7. The van der Waals surface area contributed by atoms with Crippen LogP contribution in [0.3, 0.4) is 0 Å². The first-order valence-corrected chi connectivity index (χ1v) is 9.42. The number of carbonyl (C=O) groups is 3. The zero-order valence-electron chi connectivity index (χ0n) is 15.9. The molecule has 0 aromatic heterocycles. The summed E-state index contributed by atoms with van der Waals surface area (Å²) in [5.41, 5.74) is 5.14. The average Bonchev–Trinajstić information content (AvgIpc) is 2.64. The number of nitrogens with two attached hydrogens (primary N) is 1. The Bertz CT molecular complexity index is 693. The van der Waals surface area contributed by atoms with Crippen LogP contribution in [0.15, 0.2) is 24.3 Å². The van der Waals surface area contributed by atoms with Crippen LogP contribution in [0.4, 0.5) is 4.39 Å². The van der Waals surface area contributed by atoms with Crippen LogP contribution in [0.1, 0.15) is 49.9 Å². The topological polar surface area (TPSA) is 92.5 Å². The molecule has 0 spiro atoms. The second kappa shape index (κ2) is 9.48. The third-order valence-corrected chi connectivity index (χ3v) is 4.97. The van der Waals surface area contributed by atoms with Gasteiger partial charge in [0.1, 0.15) is 11.9 Å². The fraction of sp³-hybridized carbons (Fsp3) is 0.550. The van der Waals surface area contributed by atoms with Crippen LogP contribution >= 0.6 is 0 Å². The Balaban J connectivity index is 2.04. The van der Waals surface area contributed by atoms with E-state index < -0.39 is 17.8 Å². The van der Waals surface area contributed by atoms with Gasteiger partial charge in [-0.05, 0) is 43.2 Å². The third-order valence-electron chi connectivity index (χ3n) is 4.97. The van der Waals surface area contributed by atoms with Crippen LogP contribution in [0.25, 0.3) is 0 Å². The molecule has 27 heavy (non-hydrogen) atoms. The predicted molar refractivity (Wildman–Crippen MR) is 100 cm³/mol. The Morgan fingerprint density at radius 2 is 2.00 bits per heavy atom. The minimum Gasteiger partial charge on any atom is -0.370 e. The Kier molecular flexibility index (Phi) is 7.33. The van der Waals surface area contributed by atoms with Crippen molar-refractivity contribution in [3.05, 3.63) is 35.6 Å². The van der Waals surface area contributed by atoms with Crippen molar-refractivity contribution in [3.63, 3.8) is 0 Å². The molecule has 1 saturated heterocycles. The summed E-state index contributed by atoms with van der Waals surface area (Å²) < 4.78 is 13.9. The summed E-state index contributed by atoms with van der Waals surface area (Å²) in [6.07, 6.45) is 2.77. The predicted octanol–water partition coefficient (Wildman–Crippen LogP) is 2.08. The number of amides is 3. The SMILES string of the molecule is CC(C)C(NC(=O)c1ccccc1F)C(=O)N1CCCC(CCC(N)=O)C1. The molecule has 2 unspecified atom stereocenters. The van der Waals surface area contributed by atoms with E-state index in [1.54, 1.807) is 11.0 Å². The lowest BCUT2D eigenvalue weighted by molar-refractivity contribution is -0.136. The highest BCUT2D eigenvalue weighted by atomic mass is 19.1. The third kappa shape index (κ3) is 5.77. The van der Waals surface area contributed by atoms with E-state index >= 15 is 0 Å². The van der Waals surface area contributed by atoms with Gasteiger partial charge in [-0.15, -0.1) is 0 Å². The van der Waals surface area contributed by atoms with Gasteiger partial charge >= 0.3 is 0 Å². The summed E-state index contributed by atoms with van der Waals surface area (Å²) in [6, 6.07) is 4.98. The lowest BCUT2D eigenvalue weighted by atomic mass is 9.92. The number of nitrogens with zero attached hydrogens (tertiary/aromatic N) is 1. The molecule has 0 bridgehead atoms. The molecular formula is C20H28FN3O3. The van der Waals surface area contributed by atoms with E-state index in [0.717, 1.165) is 12.8 Å². The molecular weight excluding hydrogens is 349 g/mol. The summed E-state index contributed by atoms with van der Waals surface area (Å²) in [4.78, 5) is 38.2. The van der Waals surface area contributed by atoms with Gasteiger partial charge in [0, 0.05) is 19.5 Å². The zero-order valence-corrected chi connectivity index (χ0v) is 15.9. The number of halogens is 1. The van der Waals surface area contributed by atoms with Gasteiger partial charge in [0.2, 0.25) is 11.8 Å². The van der Waals surface area contributed by atoms with E-state index in [2.05, 4.69) is 5.32 Å². The van der Waals surface area contributed by atoms with E-state index in [0.29, 0.717) is 25.9 Å². The number of piperidine rings is 1. The van der Waals surface area contributed by atoms with Crippen LogP contribution in [-0.2, 0) is 9.59 Å². The second-order valence-corrected chi connectivity index (χ2v) is 7.47.